The van der Waals surface area contributed by atoms with Crippen molar-refractivity contribution in [3.63, 3.8) is 0 Å². The highest BCUT2D eigenvalue weighted by Gasteiger charge is 1.94. The van der Waals surface area contributed by atoms with Crippen molar-refractivity contribution in [1.29, 1.82) is 0 Å². The molecule has 2 nitrogen and oxygen atoms in total. The lowest BCUT2D eigenvalue weighted by molar-refractivity contribution is 1.15. The Morgan fingerprint density at radius 1 is 1.58 bits per heavy atom. The summed E-state index contributed by atoms with van der Waals surface area (Å²) in [5.41, 5.74) is 2.30. The Bertz CT molecular complexity index is 216. The highest BCUT2D eigenvalue weighted by molar-refractivity contribution is 7.97. The molecule has 12 heavy (non-hydrogen) atoms. The van der Waals surface area contributed by atoms with Gasteiger partial charge >= 0.3 is 0 Å². The fourth-order valence-electron chi connectivity index (χ4n) is 1.02. The molecule has 1 aromatic heterocycles. The first-order chi connectivity index (χ1) is 5.86. The van der Waals surface area contributed by atoms with E-state index in [1.165, 1.54) is 0 Å². The summed E-state index contributed by atoms with van der Waals surface area (Å²) in [7, 11) is 0. The Kier molecular flexibility index (Phi) is 3.94. The van der Waals surface area contributed by atoms with Crippen LogP contribution in [0.2, 0.25) is 0 Å². The lowest BCUT2D eigenvalue weighted by Gasteiger charge is -2.03. The number of anilines is 1. The van der Waals surface area contributed by atoms with Gasteiger partial charge in [0.2, 0.25) is 0 Å². The first-order valence-electron chi connectivity index (χ1n) is 4.04. The van der Waals surface area contributed by atoms with Gasteiger partial charge in [0, 0.05) is 24.2 Å². The van der Waals surface area contributed by atoms with Crippen LogP contribution in [0.1, 0.15) is 12.6 Å². The smallest absolute Gasteiger partial charge is 0.0523 e. The summed E-state index contributed by atoms with van der Waals surface area (Å²) in [6, 6.07) is 4.09. The lowest BCUT2D eigenvalue weighted by atomic mass is 10.3. The molecule has 0 aromatic carbocycles. The van der Waals surface area contributed by atoms with E-state index in [0.29, 0.717) is 0 Å². The molecule has 0 saturated carbocycles. The van der Waals surface area contributed by atoms with Gasteiger partial charge in [-0.25, -0.2) is 0 Å². The van der Waals surface area contributed by atoms with E-state index in [-0.39, 0.29) is 0 Å². The zero-order valence-corrected chi connectivity index (χ0v) is 8.32. The van der Waals surface area contributed by atoms with Crippen LogP contribution >= 0.6 is 11.8 Å². The van der Waals surface area contributed by atoms with E-state index in [0.717, 1.165) is 23.7 Å². The molecule has 0 atom stereocenters. The maximum Gasteiger partial charge on any atom is 0.0523 e. The summed E-state index contributed by atoms with van der Waals surface area (Å²) >= 11 is 1.79. The third-order valence-electron chi connectivity index (χ3n) is 1.49. The fraction of sp³-hybridized carbons (Fsp3) is 0.444. The molecule has 3 heteroatoms. The Labute approximate surface area is 77.8 Å². The molecular formula is C9H14N2S. The fourth-order valence-corrected chi connectivity index (χ4v) is 1.47. The average molecular weight is 182 g/mol. The quantitative estimate of drug-likeness (QED) is 0.774. The van der Waals surface area contributed by atoms with Gasteiger partial charge < -0.3 is 5.32 Å². The van der Waals surface area contributed by atoms with Crippen molar-refractivity contribution in [2.24, 2.45) is 0 Å². The Balaban J connectivity index is 2.67. The zero-order valence-electron chi connectivity index (χ0n) is 7.50. The standard InChI is InChI=1S/C9H14N2S/c1-3-10-8-4-5-11-9(6-8)7-12-2/h4-6H,3,7H2,1-2H3,(H,10,11). The van der Waals surface area contributed by atoms with Gasteiger partial charge in [0.05, 0.1) is 5.69 Å². The van der Waals surface area contributed by atoms with Crippen molar-refractivity contribution >= 4 is 17.4 Å². The number of nitrogens with one attached hydrogen (secondary N) is 1. The van der Waals surface area contributed by atoms with Gasteiger partial charge in [-0.3, -0.25) is 4.98 Å². The molecule has 66 valence electrons. The lowest BCUT2D eigenvalue weighted by Crippen LogP contribution is -1.97. The maximum absolute atomic E-state index is 4.25. The topological polar surface area (TPSA) is 24.9 Å². The first kappa shape index (κ1) is 9.39. The van der Waals surface area contributed by atoms with E-state index in [1.54, 1.807) is 11.8 Å². The summed E-state index contributed by atoms with van der Waals surface area (Å²) in [4.78, 5) is 4.25. The van der Waals surface area contributed by atoms with Crippen molar-refractivity contribution in [3.8, 4) is 0 Å². The largest absolute Gasteiger partial charge is 0.385 e. The number of hydrogen-bond donors (Lipinski definition) is 1. The minimum Gasteiger partial charge on any atom is -0.385 e. The molecule has 0 aliphatic rings. The van der Waals surface area contributed by atoms with Crippen LogP contribution in [-0.2, 0) is 5.75 Å². The van der Waals surface area contributed by atoms with Gasteiger partial charge in [-0.1, -0.05) is 0 Å². The SMILES string of the molecule is CCNc1ccnc(CSC)c1. The minimum absolute atomic E-state index is 0.961. The van der Waals surface area contributed by atoms with E-state index < -0.39 is 0 Å². The van der Waals surface area contributed by atoms with Crippen LogP contribution in [0.4, 0.5) is 5.69 Å². The first-order valence-corrected chi connectivity index (χ1v) is 5.44. The van der Waals surface area contributed by atoms with Crippen LogP contribution in [0.15, 0.2) is 18.3 Å². The summed E-state index contributed by atoms with van der Waals surface area (Å²) < 4.78 is 0. The van der Waals surface area contributed by atoms with Crippen LogP contribution in [0.3, 0.4) is 0 Å². The van der Waals surface area contributed by atoms with Crippen LogP contribution in [0, 0.1) is 0 Å². The second kappa shape index (κ2) is 5.04. The van der Waals surface area contributed by atoms with E-state index in [2.05, 4.69) is 29.5 Å². The third kappa shape index (κ3) is 2.74. The molecule has 1 aromatic rings. The molecule has 0 radical (unpaired) electrons. The van der Waals surface area contributed by atoms with Gasteiger partial charge in [0.25, 0.3) is 0 Å². The Morgan fingerprint density at radius 2 is 2.42 bits per heavy atom. The van der Waals surface area contributed by atoms with E-state index in [4.69, 9.17) is 0 Å². The Morgan fingerprint density at radius 3 is 3.08 bits per heavy atom. The number of nitrogens with zero attached hydrogens (tertiary/aromatic N) is 1. The molecule has 0 aliphatic heterocycles. The molecule has 0 spiro atoms. The number of rotatable bonds is 4. The molecule has 0 aliphatic carbocycles. The van der Waals surface area contributed by atoms with E-state index >= 15 is 0 Å². The molecule has 1 heterocycles. The van der Waals surface area contributed by atoms with Crippen molar-refractivity contribution in [2.45, 2.75) is 12.7 Å². The van der Waals surface area contributed by atoms with Crippen LogP contribution in [-0.4, -0.2) is 17.8 Å². The van der Waals surface area contributed by atoms with Gasteiger partial charge in [-0.05, 0) is 25.3 Å². The molecule has 0 unspecified atom stereocenters. The van der Waals surface area contributed by atoms with Crippen LogP contribution < -0.4 is 5.32 Å². The van der Waals surface area contributed by atoms with Gasteiger partial charge in [-0.15, -0.1) is 0 Å². The normalized spacial score (nSPS) is 9.83. The average Bonchev–Trinajstić information content (AvgIpc) is 2.06. The van der Waals surface area contributed by atoms with Gasteiger partial charge in [0.1, 0.15) is 0 Å². The third-order valence-corrected chi connectivity index (χ3v) is 2.07. The molecule has 0 amide bonds. The monoisotopic (exact) mass is 182 g/mol. The Hall–Kier alpha value is -0.700. The molecule has 1 rings (SSSR count). The van der Waals surface area contributed by atoms with Gasteiger partial charge in [-0.2, -0.15) is 11.8 Å². The van der Waals surface area contributed by atoms with E-state index in [1.807, 2.05) is 12.3 Å². The highest BCUT2D eigenvalue weighted by Crippen LogP contribution is 2.11. The molecule has 0 fully saturated rings. The van der Waals surface area contributed by atoms with Crippen molar-refractivity contribution < 1.29 is 0 Å². The highest BCUT2D eigenvalue weighted by atomic mass is 32.2. The maximum atomic E-state index is 4.25. The molecule has 0 saturated heterocycles. The second-order valence-electron chi connectivity index (χ2n) is 2.50. The summed E-state index contributed by atoms with van der Waals surface area (Å²) in [5, 5.41) is 3.26. The predicted molar refractivity (Wildman–Crippen MR) is 55.6 cm³/mol. The van der Waals surface area contributed by atoms with Crippen molar-refractivity contribution in [1.82, 2.24) is 4.98 Å². The summed E-state index contributed by atoms with van der Waals surface area (Å²) in [6.07, 6.45) is 3.94. The van der Waals surface area contributed by atoms with Gasteiger partial charge in [0.15, 0.2) is 0 Å². The van der Waals surface area contributed by atoms with Crippen molar-refractivity contribution in [2.75, 3.05) is 18.1 Å². The van der Waals surface area contributed by atoms with E-state index in [9.17, 15) is 0 Å². The summed E-state index contributed by atoms with van der Waals surface area (Å²) in [5.74, 6) is 0.985. The summed E-state index contributed by atoms with van der Waals surface area (Å²) in [6.45, 7) is 3.05. The zero-order chi connectivity index (χ0) is 8.81. The second-order valence-corrected chi connectivity index (χ2v) is 3.37. The minimum atomic E-state index is 0.961. The molecular weight excluding hydrogens is 168 g/mol. The van der Waals surface area contributed by atoms with Crippen LogP contribution in [0.25, 0.3) is 0 Å². The molecule has 1 N–H and O–H groups in total. The molecule has 0 bridgehead atoms. The van der Waals surface area contributed by atoms with Crippen LogP contribution in [0.5, 0.6) is 0 Å². The number of thioether (sulfide) groups is 1. The van der Waals surface area contributed by atoms with Crippen molar-refractivity contribution in [3.05, 3.63) is 24.0 Å². The predicted octanol–water partition coefficient (Wildman–Crippen LogP) is 2.38. The number of pyridine rings is 1. The number of aromatic nitrogens is 1. The number of hydrogen-bond acceptors (Lipinski definition) is 3.